The molecule has 0 amide bonds. The molecular weight excluding hydrogens is 292 g/mol. The summed E-state index contributed by atoms with van der Waals surface area (Å²) in [7, 11) is 0. The van der Waals surface area contributed by atoms with E-state index in [9.17, 15) is 10.4 Å². The molecule has 4 heteroatoms. The third-order valence-corrected chi connectivity index (χ3v) is 4.66. The number of rotatable bonds is 5. The van der Waals surface area contributed by atoms with Gasteiger partial charge in [-0.25, -0.2) is 0 Å². The minimum absolute atomic E-state index is 0.478. The highest BCUT2D eigenvalue weighted by Gasteiger charge is 2.12. The van der Waals surface area contributed by atoms with Crippen molar-refractivity contribution in [2.75, 3.05) is 5.75 Å². The molecule has 3 nitrogen and oxygen atoms in total. The first-order valence-corrected chi connectivity index (χ1v) is 8.24. The van der Waals surface area contributed by atoms with Crippen LogP contribution in [0.4, 0.5) is 0 Å². The van der Waals surface area contributed by atoms with Crippen LogP contribution in [0.5, 0.6) is 0 Å². The van der Waals surface area contributed by atoms with E-state index in [1.54, 1.807) is 11.8 Å². The van der Waals surface area contributed by atoms with Crippen molar-refractivity contribution in [1.82, 2.24) is 4.40 Å². The molecule has 1 aromatic carbocycles. The first-order chi connectivity index (χ1) is 10.8. The Bertz CT molecular complexity index is 805. The fraction of sp³-hybridized carbons (Fsp3) is 0.167. The number of pyridine rings is 1. The second-order valence-electron chi connectivity index (χ2n) is 5.08. The molecule has 0 aliphatic carbocycles. The summed E-state index contributed by atoms with van der Waals surface area (Å²) in [6, 6.07) is 17.8. The molecule has 2 heterocycles. The number of fused-ring (bicyclic) bond motifs is 1. The van der Waals surface area contributed by atoms with Gasteiger partial charge >= 0.3 is 0 Å². The summed E-state index contributed by atoms with van der Waals surface area (Å²) in [4.78, 5) is 0. The molecule has 2 aromatic heterocycles. The predicted molar refractivity (Wildman–Crippen MR) is 89.7 cm³/mol. The van der Waals surface area contributed by atoms with Gasteiger partial charge in [0, 0.05) is 23.9 Å². The minimum atomic E-state index is -0.478. The van der Waals surface area contributed by atoms with E-state index in [0.717, 1.165) is 22.2 Å². The Morgan fingerprint density at radius 2 is 1.91 bits per heavy atom. The molecule has 110 valence electrons. The monoisotopic (exact) mass is 308 g/mol. The van der Waals surface area contributed by atoms with E-state index in [2.05, 4.69) is 6.07 Å². The van der Waals surface area contributed by atoms with Crippen LogP contribution in [0.3, 0.4) is 0 Å². The number of hydrogen-bond acceptors (Lipinski definition) is 3. The average molecular weight is 308 g/mol. The number of hydrogen-bond donors (Lipinski definition) is 1. The lowest BCUT2D eigenvalue weighted by atomic mass is 10.1. The van der Waals surface area contributed by atoms with Crippen LogP contribution in [0.25, 0.3) is 5.52 Å². The highest BCUT2D eigenvalue weighted by Crippen LogP contribution is 2.25. The maximum absolute atomic E-state index is 10.2. The van der Waals surface area contributed by atoms with E-state index in [-0.39, 0.29) is 0 Å². The Morgan fingerprint density at radius 1 is 1.14 bits per heavy atom. The second-order valence-corrected chi connectivity index (χ2v) is 6.11. The Hall–Kier alpha value is -2.22. The molecule has 0 saturated carbocycles. The summed E-state index contributed by atoms with van der Waals surface area (Å²) in [5.41, 5.74) is 3.60. The van der Waals surface area contributed by atoms with E-state index in [4.69, 9.17) is 0 Å². The number of nitrogens with zero attached hydrogens (tertiary/aromatic N) is 2. The molecule has 0 aliphatic rings. The summed E-state index contributed by atoms with van der Waals surface area (Å²) >= 11 is 1.64. The molecule has 1 N–H and O–H groups in total. The van der Waals surface area contributed by atoms with E-state index < -0.39 is 6.10 Å². The van der Waals surface area contributed by atoms with Crippen LogP contribution < -0.4 is 0 Å². The molecule has 0 aliphatic heterocycles. The highest BCUT2D eigenvalue weighted by atomic mass is 32.2. The quantitative estimate of drug-likeness (QED) is 0.780. The van der Waals surface area contributed by atoms with Crippen LogP contribution in [0, 0.1) is 11.3 Å². The van der Waals surface area contributed by atoms with Crippen molar-refractivity contribution < 1.29 is 5.11 Å². The summed E-state index contributed by atoms with van der Waals surface area (Å²) in [5, 5.41) is 19.5. The maximum Gasteiger partial charge on any atom is 0.102 e. The highest BCUT2D eigenvalue weighted by molar-refractivity contribution is 7.98. The fourth-order valence-electron chi connectivity index (χ4n) is 2.47. The second kappa shape index (κ2) is 6.69. The van der Waals surface area contributed by atoms with Gasteiger partial charge in [0.1, 0.15) is 6.07 Å². The van der Waals surface area contributed by atoms with Gasteiger partial charge in [-0.3, -0.25) is 0 Å². The van der Waals surface area contributed by atoms with Crippen LogP contribution in [0.15, 0.2) is 60.9 Å². The predicted octanol–water partition coefficient (Wildman–Crippen LogP) is 3.78. The van der Waals surface area contributed by atoms with Crippen LogP contribution in [0.1, 0.15) is 22.8 Å². The smallest absolute Gasteiger partial charge is 0.102 e. The molecule has 0 bridgehead atoms. The van der Waals surface area contributed by atoms with Gasteiger partial charge in [-0.2, -0.15) is 17.0 Å². The normalized spacial score (nSPS) is 12.2. The molecule has 1 unspecified atom stereocenters. The van der Waals surface area contributed by atoms with Gasteiger partial charge in [-0.05, 0) is 23.3 Å². The number of aliphatic hydroxyl groups excluding tert-OH is 1. The third-order valence-electron chi connectivity index (χ3n) is 3.59. The van der Waals surface area contributed by atoms with Crippen molar-refractivity contribution in [2.24, 2.45) is 0 Å². The molecule has 0 spiro atoms. The molecular formula is C18H16N2OS. The third kappa shape index (κ3) is 3.01. The number of thioether (sulfide) groups is 1. The van der Waals surface area contributed by atoms with Crippen molar-refractivity contribution in [3.8, 4) is 6.07 Å². The standard InChI is InChI=1S/C18H16N2OS/c19-10-16-15(11-20-9-5-4-8-17(16)20)12-22-13-18(21)14-6-2-1-3-7-14/h1-9,11,18,21H,12-13H2. The first kappa shape index (κ1) is 14.7. The topological polar surface area (TPSA) is 48.4 Å². The summed E-state index contributed by atoms with van der Waals surface area (Å²) < 4.78 is 1.97. The van der Waals surface area contributed by atoms with Gasteiger partial charge in [0.15, 0.2) is 0 Å². The molecule has 3 rings (SSSR count). The van der Waals surface area contributed by atoms with Crippen molar-refractivity contribution in [1.29, 1.82) is 5.26 Å². The molecule has 0 saturated heterocycles. The largest absolute Gasteiger partial charge is 0.388 e. The average Bonchev–Trinajstić information content (AvgIpc) is 2.93. The van der Waals surface area contributed by atoms with Crippen molar-refractivity contribution in [3.63, 3.8) is 0 Å². The fourth-order valence-corrected chi connectivity index (χ4v) is 3.44. The molecule has 0 radical (unpaired) electrons. The van der Waals surface area contributed by atoms with Crippen molar-refractivity contribution >= 4 is 17.3 Å². The summed E-state index contributed by atoms with van der Waals surface area (Å²) in [5.74, 6) is 1.33. The van der Waals surface area contributed by atoms with Crippen LogP contribution in [-0.2, 0) is 5.75 Å². The molecule has 3 aromatic rings. The van der Waals surface area contributed by atoms with Crippen LogP contribution in [0.2, 0.25) is 0 Å². The Kier molecular flexibility index (Phi) is 4.47. The zero-order chi connectivity index (χ0) is 15.4. The molecule has 1 atom stereocenters. The van der Waals surface area contributed by atoms with Gasteiger partial charge in [-0.15, -0.1) is 0 Å². The van der Waals surface area contributed by atoms with Gasteiger partial charge < -0.3 is 9.51 Å². The number of nitriles is 1. The molecule has 22 heavy (non-hydrogen) atoms. The Balaban J connectivity index is 1.68. The van der Waals surface area contributed by atoms with Crippen molar-refractivity contribution in [3.05, 3.63) is 77.6 Å². The Morgan fingerprint density at radius 3 is 2.68 bits per heavy atom. The summed E-state index contributed by atoms with van der Waals surface area (Å²) in [6.07, 6.45) is 3.47. The zero-order valence-electron chi connectivity index (χ0n) is 12.0. The van der Waals surface area contributed by atoms with Gasteiger partial charge in [0.2, 0.25) is 0 Å². The number of aromatic nitrogens is 1. The van der Waals surface area contributed by atoms with Gasteiger partial charge in [0.25, 0.3) is 0 Å². The lowest BCUT2D eigenvalue weighted by Crippen LogP contribution is -2.00. The van der Waals surface area contributed by atoms with Crippen molar-refractivity contribution in [2.45, 2.75) is 11.9 Å². The van der Waals surface area contributed by atoms with E-state index in [0.29, 0.717) is 11.5 Å². The zero-order valence-corrected chi connectivity index (χ0v) is 12.8. The SMILES string of the molecule is N#Cc1c(CSCC(O)c2ccccc2)cn2ccccc12. The van der Waals surface area contributed by atoms with Crippen LogP contribution >= 0.6 is 11.8 Å². The van der Waals surface area contributed by atoms with Gasteiger partial charge in [-0.1, -0.05) is 36.4 Å². The summed E-state index contributed by atoms with van der Waals surface area (Å²) in [6.45, 7) is 0. The van der Waals surface area contributed by atoms with E-state index in [1.165, 1.54) is 0 Å². The van der Waals surface area contributed by atoms with E-state index >= 15 is 0 Å². The first-order valence-electron chi connectivity index (χ1n) is 7.09. The maximum atomic E-state index is 10.2. The molecule has 0 fully saturated rings. The minimum Gasteiger partial charge on any atom is -0.388 e. The lowest BCUT2D eigenvalue weighted by molar-refractivity contribution is 0.204. The van der Waals surface area contributed by atoms with Gasteiger partial charge in [0.05, 0.1) is 17.2 Å². The number of aliphatic hydroxyl groups is 1. The lowest BCUT2D eigenvalue weighted by Gasteiger charge is -2.10. The van der Waals surface area contributed by atoms with E-state index in [1.807, 2.05) is 65.3 Å². The number of benzene rings is 1. The van der Waals surface area contributed by atoms with Crippen LogP contribution in [-0.4, -0.2) is 15.3 Å². The Labute approximate surface area is 133 Å².